The molecule has 7 heteroatoms. The number of rotatable bonds is 11. The molecule has 31 heavy (non-hydrogen) atoms. The highest BCUT2D eigenvalue weighted by atomic mass is 31.2. The van der Waals surface area contributed by atoms with Crippen LogP contribution < -0.4 is 0 Å². The van der Waals surface area contributed by atoms with Gasteiger partial charge >= 0.3 is 7.60 Å². The van der Waals surface area contributed by atoms with Crippen molar-refractivity contribution >= 4 is 29.4 Å². The molecule has 0 amide bonds. The van der Waals surface area contributed by atoms with Crippen LogP contribution in [-0.4, -0.2) is 42.6 Å². The van der Waals surface area contributed by atoms with Gasteiger partial charge in [-0.05, 0) is 38.8 Å². The Labute approximate surface area is 183 Å². The van der Waals surface area contributed by atoms with Crippen molar-refractivity contribution in [2.45, 2.75) is 33.1 Å². The molecule has 0 unspecified atom stereocenters. The molecule has 0 aliphatic heterocycles. The van der Waals surface area contributed by atoms with Crippen LogP contribution in [0.15, 0.2) is 42.7 Å². The lowest BCUT2D eigenvalue weighted by molar-refractivity contribution is 0.162. The SMILES string of the molecule is CCOP(=O)(CCCCCOCC#Cc1cnc2c(ccc3cccnc32)c1)OCC. The van der Waals surface area contributed by atoms with Gasteiger partial charge in [-0.2, -0.15) is 0 Å². The number of aromatic nitrogens is 2. The van der Waals surface area contributed by atoms with Crippen LogP contribution in [0.4, 0.5) is 0 Å². The van der Waals surface area contributed by atoms with Crippen LogP contribution in [0.2, 0.25) is 0 Å². The molecule has 2 heterocycles. The third kappa shape index (κ3) is 6.85. The number of hydrogen-bond acceptors (Lipinski definition) is 6. The normalized spacial score (nSPS) is 11.5. The van der Waals surface area contributed by atoms with E-state index < -0.39 is 7.60 Å². The second kappa shape index (κ2) is 11.9. The van der Waals surface area contributed by atoms with Crippen molar-refractivity contribution in [1.29, 1.82) is 0 Å². The van der Waals surface area contributed by atoms with E-state index in [-0.39, 0.29) is 0 Å². The van der Waals surface area contributed by atoms with Gasteiger partial charge in [0.15, 0.2) is 0 Å². The summed E-state index contributed by atoms with van der Waals surface area (Å²) in [6.07, 6.45) is 6.60. The minimum Gasteiger partial charge on any atom is -0.369 e. The number of pyridine rings is 2. The van der Waals surface area contributed by atoms with Crippen LogP contribution in [0, 0.1) is 11.8 Å². The molecule has 2 aromatic heterocycles. The Kier molecular flexibility index (Phi) is 8.99. The minimum atomic E-state index is -2.92. The lowest BCUT2D eigenvalue weighted by Crippen LogP contribution is -2.01. The Hall–Kier alpha value is -2.29. The highest BCUT2D eigenvalue weighted by molar-refractivity contribution is 7.53. The highest BCUT2D eigenvalue weighted by Gasteiger charge is 2.22. The molecule has 0 atom stereocenters. The molecule has 0 radical (unpaired) electrons. The topological polar surface area (TPSA) is 70.5 Å². The predicted molar refractivity (Wildman–Crippen MR) is 124 cm³/mol. The van der Waals surface area contributed by atoms with Crippen molar-refractivity contribution in [2.24, 2.45) is 0 Å². The smallest absolute Gasteiger partial charge is 0.330 e. The first kappa shape index (κ1) is 23.4. The molecule has 3 aromatic rings. The number of fused-ring (bicyclic) bond motifs is 3. The lowest BCUT2D eigenvalue weighted by atomic mass is 10.1. The van der Waals surface area contributed by atoms with E-state index in [0.29, 0.717) is 32.6 Å². The number of unbranched alkanes of at least 4 members (excludes halogenated alkanes) is 2. The van der Waals surface area contributed by atoms with E-state index >= 15 is 0 Å². The summed E-state index contributed by atoms with van der Waals surface area (Å²) in [7, 11) is -2.92. The van der Waals surface area contributed by atoms with Gasteiger partial charge in [0.1, 0.15) is 6.61 Å². The molecule has 0 fully saturated rings. The van der Waals surface area contributed by atoms with Crippen molar-refractivity contribution in [1.82, 2.24) is 9.97 Å². The fraction of sp³-hybridized carbons (Fsp3) is 0.417. The first-order chi connectivity index (χ1) is 15.1. The first-order valence-corrected chi connectivity index (χ1v) is 12.5. The van der Waals surface area contributed by atoms with Crippen LogP contribution in [-0.2, 0) is 18.3 Å². The van der Waals surface area contributed by atoms with Gasteiger partial charge in [-0.15, -0.1) is 0 Å². The van der Waals surface area contributed by atoms with Gasteiger partial charge in [0, 0.05) is 35.3 Å². The van der Waals surface area contributed by atoms with Crippen molar-refractivity contribution in [3.63, 3.8) is 0 Å². The van der Waals surface area contributed by atoms with Gasteiger partial charge in [0.25, 0.3) is 0 Å². The molecule has 1 aromatic carbocycles. The quantitative estimate of drug-likeness (QED) is 0.168. The summed E-state index contributed by atoms with van der Waals surface area (Å²) in [6.45, 7) is 5.45. The zero-order valence-corrected chi connectivity index (χ0v) is 19.1. The molecule has 0 bridgehead atoms. The van der Waals surface area contributed by atoms with Crippen molar-refractivity contribution in [3.8, 4) is 11.8 Å². The largest absolute Gasteiger partial charge is 0.369 e. The average molecular weight is 440 g/mol. The fourth-order valence-electron chi connectivity index (χ4n) is 3.31. The van der Waals surface area contributed by atoms with E-state index in [1.165, 1.54) is 0 Å². The van der Waals surface area contributed by atoms with E-state index in [2.05, 4.69) is 21.8 Å². The Balaban J connectivity index is 1.41. The summed E-state index contributed by atoms with van der Waals surface area (Å²) in [6, 6.07) is 10.1. The van der Waals surface area contributed by atoms with E-state index in [1.54, 1.807) is 12.4 Å². The molecule has 3 rings (SSSR count). The molecule has 0 spiro atoms. The van der Waals surface area contributed by atoms with Gasteiger partial charge < -0.3 is 13.8 Å². The molecule has 0 aliphatic rings. The first-order valence-electron chi connectivity index (χ1n) is 10.7. The summed E-state index contributed by atoms with van der Waals surface area (Å²) < 4.78 is 28.5. The molecular weight excluding hydrogens is 411 g/mol. The van der Waals surface area contributed by atoms with Gasteiger partial charge in [-0.1, -0.05) is 36.5 Å². The molecule has 0 saturated heterocycles. The third-order valence-electron chi connectivity index (χ3n) is 4.70. The Morgan fingerprint density at radius 3 is 2.55 bits per heavy atom. The summed E-state index contributed by atoms with van der Waals surface area (Å²) in [5, 5.41) is 2.10. The lowest BCUT2D eigenvalue weighted by Gasteiger charge is -2.16. The summed E-state index contributed by atoms with van der Waals surface area (Å²) in [5.41, 5.74) is 2.65. The molecule has 0 aliphatic carbocycles. The maximum absolute atomic E-state index is 12.4. The summed E-state index contributed by atoms with van der Waals surface area (Å²) in [4.78, 5) is 8.99. The molecule has 0 saturated carbocycles. The highest BCUT2D eigenvalue weighted by Crippen LogP contribution is 2.48. The van der Waals surface area contributed by atoms with Crippen LogP contribution in [0.25, 0.3) is 21.8 Å². The van der Waals surface area contributed by atoms with Gasteiger partial charge in [-0.25, -0.2) is 0 Å². The Morgan fingerprint density at radius 1 is 0.968 bits per heavy atom. The van der Waals surface area contributed by atoms with Gasteiger partial charge in [0.05, 0.1) is 30.4 Å². The molecule has 0 N–H and O–H groups in total. The van der Waals surface area contributed by atoms with Crippen LogP contribution in [0.5, 0.6) is 0 Å². The second-order valence-corrected chi connectivity index (χ2v) is 9.21. The van der Waals surface area contributed by atoms with Crippen molar-refractivity contribution in [2.75, 3.05) is 32.6 Å². The van der Waals surface area contributed by atoms with Crippen LogP contribution >= 0.6 is 7.60 Å². The fourth-order valence-corrected chi connectivity index (χ4v) is 5.04. The van der Waals surface area contributed by atoms with Gasteiger partial charge in [-0.3, -0.25) is 14.5 Å². The zero-order valence-electron chi connectivity index (χ0n) is 18.2. The Bertz CT molecular complexity index is 1100. The van der Waals surface area contributed by atoms with E-state index in [9.17, 15) is 4.57 Å². The average Bonchev–Trinajstić information content (AvgIpc) is 2.78. The molecular formula is C24H29N2O4P. The van der Waals surface area contributed by atoms with E-state index in [1.807, 2.05) is 44.2 Å². The maximum atomic E-state index is 12.4. The van der Waals surface area contributed by atoms with E-state index in [4.69, 9.17) is 13.8 Å². The minimum absolute atomic E-state index is 0.369. The number of ether oxygens (including phenoxy) is 1. The van der Waals surface area contributed by atoms with E-state index in [0.717, 1.165) is 46.6 Å². The third-order valence-corrected chi connectivity index (χ3v) is 6.87. The van der Waals surface area contributed by atoms with Crippen molar-refractivity contribution < 1.29 is 18.3 Å². The van der Waals surface area contributed by atoms with Crippen LogP contribution in [0.1, 0.15) is 38.7 Å². The summed E-state index contributed by atoms with van der Waals surface area (Å²) in [5.74, 6) is 6.15. The van der Waals surface area contributed by atoms with Crippen LogP contribution in [0.3, 0.4) is 0 Å². The number of benzene rings is 1. The predicted octanol–water partition coefficient (Wildman–Crippen LogP) is 5.59. The zero-order chi connectivity index (χ0) is 21.9. The van der Waals surface area contributed by atoms with Crippen molar-refractivity contribution in [3.05, 3.63) is 48.3 Å². The van der Waals surface area contributed by atoms with Gasteiger partial charge in [0.2, 0.25) is 0 Å². The second-order valence-electron chi connectivity index (χ2n) is 7.02. The maximum Gasteiger partial charge on any atom is 0.330 e. The standard InChI is InChI=1S/C24H29N2O4P/c1-3-29-31(27,30-4-2)17-7-5-6-15-28-16-9-10-20-18-22-13-12-21-11-8-14-25-23(21)24(22)26-19-20/h8,11-14,18-19H,3-7,15-17H2,1-2H3. The molecule has 6 nitrogen and oxygen atoms in total. The number of nitrogens with zero attached hydrogens (tertiary/aromatic N) is 2. The Morgan fingerprint density at radius 2 is 1.74 bits per heavy atom. The molecule has 164 valence electrons. The summed E-state index contributed by atoms with van der Waals surface area (Å²) >= 11 is 0. The number of hydrogen-bond donors (Lipinski definition) is 0. The monoisotopic (exact) mass is 440 g/mol.